The highest BCUT2D eigenvalue weighted by molar-refractivity contribution is 5.82. The molecule has 44 heavy (non-hydrogen) atoms. The zero-order valence-corrected chi connectivity index (χ0v) is 29.5. The summed E-state index contributed by atoms with van der Waals surface area (Å²) in [7, 11) is 13.7. The van der Waals surface area contributed by atoms with Gasteiger partial charge in [0.05, 0.1) is 74.3 Å². The van der Waals surface area contributed by atoms with E-state index < -0.39 is 0 Å². The maximum absolute atomic E-state index is 5.95. The molecular weight excluding hydrogens is 542 g/mol. The highest BCUT2D eigenvalue weighted by Crippen LogP contribution is 2.20. The Labute approximate surface area is 271 Å². The van der Waals surface area contributed by atoms with Crippen LogP contribution in [0.1, 0.15) is 108 Å². The summed E-state index contributed by atoms with van der Waals surface area (Å²) in [6, 6.07) is 16.3. The number of ether oxygens (including phenoxy) is 2. The average Bonchev–Trinajstić information content (AvgIpc) is 2.97. The van der Waals surface area contributed by atoms with Gasteiger partial charge in [0, 0.05) is 6.21 Å². The molecule has 0 aromatic heterocycles. The van der Waals surface area contributed by atoms with Gasteiger partial charge < -0.3 is 18.4 Å². The summed E-state index contributed by atoms with van der Waals surface area (Å²) < 4.78 is 14.1. The van der Waals surface area contributed by atoms with Gasteiger partial charge in [0.15, 0.2) is 0 Å². The third kappa shape index (κ3) is 21.4. The molecule has 0 spiro atoms. The van der Waals surface area contributed by atoms with Crippen molar-refractivity contribution in [1.82, 2.24) is 0 Å². The number of aliphatic imine (C=N–C) groups is 1. The number of hydrogen-bond donors (Lipinski definition) is 0. The summed E-state index contributed by atoms with van der Waals surface area (Å²) >= 11 is 0. The zero-order chi connectivity index (χ0) is 31.9. The molecule has 2 aromatic rings. The van der Waals surface area contributed by atoms with E-state index in [1.165, 1.54) is 103 Å². The highest BCUT2D eigenvalue weighted by atomic mass is 16.5. The molecule has 0 aliphatic heterocycles. The zero-order valence-electron chi connectivity index (χ0n) is 29.5. The van der Waals surface area contributed by atoms with Gasteiger partial charge in [-0.3, -0.25) is 4.99 Å². The second-order valence-electron chi connectivity index (χ2n) is 14.7. The smallest absolute Gasteiger partial charge is 0.119 e. The van der Waals surface area contributed by atoms with Crippen LogP contribution < -0.4 is 9.47 Å². The van der Waals surface area contributed by atoms with E-state index in [4.69, 9.17) is 9.47 Å². The molecule has 2 aromatic carbocycles. The van der Waals surface area contributed by atoms with Crippen LogP contribution >= 0.6 is 0 Å². The molecule has 0 radical (unpaired) electrons. The first-order chi connectivity index (χ1) is 21.1. The number of unbranched alkanes of at least 4 members (excludes halogenated alkanes) is 14. The predicted molar refractivity (Wildman–Crippen MR) is 191 cm³/mol. The van der Waals surface area contributed by atoms with Gasteiger partial charge in [-0.2, -0.15) is 0 Å². The van der Waals surface area contributed by atoms with E-state index >= 15 is 0 Å². The number of quaternary nitrogens is 2. The van der Waals surface area contributed by atoms with Crippen molar-refractivity contribution < 1.29 is 18.4 Å². The van der Waals surface area contributed by atoms with E-state index in [1.54, 1.807) is 0 Å². The normalized spacial score (nSPS) is 12.2. The van der Waals surface area contributed by atoms with Crippen LogP contribution in [0.3, 0.4) is 0 Å². The first kappa shape index (κ1) is 37.8. The van der Waals surface area contributed by atoms with E-state index in [0.29, 0.717) is 0 Å². The minimum Gasteiger partial charge on any atom is -0.494 e. The molecule has 0 N–H and O–H groups in total. The van der Waals surface area contributed by atoms with Crippen LogP contribution in [0, 0.1) is 0 Å². The molecule has 0 bridgehead atoms. The van der Waals surface area contributed by atoms with Crippen molar-refractivity contribution in [3.8, 4) is 11.5 Å². The Morgan fingerprint density at radius 2 is 0.795 bits per heavy atom. The van der Waals surface area contributed by atoms with Crippen molar-refractivity contribution in [2.75, 3.05) is 68.6 Å². The molecule has 0 atom stereocenters. The fraction of sp³-hybridized carbons (Fsp3) is 0.667. The summed E-state index contributed by atoms with van der Waals surface area (Å²) in [5, 5.41) is 0. The van der Waals surface area contributed by atoms with Crippen molar-refractivity contribution in [3.05, 3.63) is 54.1 Å². The molecule has 0 aliphatic carbocycles. The lowest BCUT2D eigenvalue weighted by Gasteiger charge is -2.23. The topological polar surface area (TPSA) is 30.8 Å². The predicted octanol–water partition coefficient (Wildman–Crippen LogP) is 9.85. The molecule has 5 heteroatoms. The standard InChI is InChI=1S/C39H67N3O2/c1-41(2,3)31-19-15-11-7-9-13-17-21-33-43-38-27-23-36(24-28-38)35-40-37-25-29-39(30-26-37)44-34-22-18-14-10-8-12-16-20-32-42(4,5)6/h23-30,35H,7-22,31-34H2,1-6H3/q+2. The van der Waals surface area contributed by atoms with Crippen LogP contribution in [0.2, 0.25) is 0 Å². The maximum atomic E-state index is 5.95. The average molecular weight is 610 g/mol. The number of hydrogen-bond acceptors (Lipinski definition) is 3. The highest BCUT2D eigenvalue weighted by Gasteiger charge is 2.06. The molecule has 0 aliphatic rings. The Kier molecular flexibility index (Phi) is 19.1. The van der Waals surface area contributed by atoms with Gasteiger partial charge in [-0.05, 0) is 92.6 Å². The number of nitrogens with zero attached hydrogens (tertiary/aromatic N) is 3. The first-order valence-corrected chi connectivity index (χ1v) is 17.7. The van der Waals surface area contributed by atoms with Gasteiger partial charge in [-0.1, -0.05) is 64.2 Å². The van der Waals surface area contributed by atoms with Gasteiger partial charge in [0.1, 0.15) is 11.5 Å². The molecule has 0 unspecified atom stereocenters. The second kappa shape index (κ2) is 22.2. The summed E-state index contributed by atoms with van der Waals surface area (Å²) in [5.41, 5.74) is 2.01. The Bertz CT molecular complexity index is 907. The van der Waals surface area contributed by atoms with Crippen LogP contribution in [0.5, 0.6) is 11.5 Å². The molecular formula is C39H67N3O2+2. The SMILES string of the molecule is C[N+](C)(C)CCCCCCCCCCOc1ccc(C=Nc2ccc(OCCCCCCCCCC[N+](C)(C)C)cc2)cc1. The third-order valence-corrected chi connectivity index (χ3v) is 8.06. The molecule has 0 saturated heterocycles. The quantitative estimate of drug-likeness (QED) is 0.0604. The van der Waals surface area contributed by atoms with Crippen molar-refractivity contribution in [2.24, 2.45) is 4.99 Å². The van der Waals surface area contributed by atoms with Crippen LogP contribution in [-0.2, 0) is 0 Å². The summed E-state index contributed by atoms with van der Waals surface area (Å²) in [5.74, 6) is 1.86. The van der Waals surface area contributed by atoms with Crippen LogP contribution in [-0.4, -0.2) is 83.8 Å². The Morgan fingerprint density at radius 3 is 1.18 bits per heavy atom. The third-order valence-electron chi connectivity index (χ3n) is 8.06. The van der Waals surface area contributed by atoms with Crippen molar-refractivity contribution in [1.29, 1.82) is 0 Å². The van der Waals surface area contributed by atoms with Crippen LogP contribution in [0.25, 0.3) is 0 Å². The van der Waals surface area contributed by atoms with E-state index in [2.05, 4.69) is 59.4 Å². The first-order valence-electron chi connectivity index (χ1n) is 17.7. The Morgan fingerprint density at radius 1 is 0.455 bits per heavy atom. The van der Waals surface area contributed by atoms with E-state index in [1.807, 2.05) is 42.6 Å². The van der Waals surface area contributed by atoms with Gasteiger partial charge in [-0.15, -0.1) is 0 Å². The van der Waals surface area contributed by atoms with Crippen LogP contribution in [0.15, 0.2) is 53.5 Å². The van der Waals surface area contributed by atoms with Gasteiger partial charge in [0.2, 0.25) is 0 Å². The molecule has 0 heterocycles. The number of benzene rings is 2. The van der Waals surface area contributed by atoms with Crippen molar-refractivity contribution in [2.45, 2.75) is 103 Å². The van der Waals surface area contributed by atoms with E-state index in [9.17, 15) is 0 Å². The Balaban J connectivity index is 1.48. The summed E-state index contributed by atoms with van der Waals surface area (Å²) in [6.07, 6.45) is 23.0. The second-order valence-corrected chi connectivity index (χ2v) is 14.7. The fourth-order valence-electron chi connectivity index (χ4n) is 5.31. The lowest BCUT2D eigenvalue weighted by Crippen LogP contribution is -2.35. The van der Waals surface area contributed by atoms with Gasteiger partial charge in [0.25, 0.3) is 0 Å². The minimum atomic E-state index is 0.790. The maximum Gasteiger partial charge on any atom is 0.119 e. The van der Waals surface area contributed by atoms with E-state index in [0.717, 1.165) is 57.8 Å². The molecule has 0 fully saturated rings. The van der Waals surface area contributed by atoms with E-state index in [-0.39, 0.29) is 0 Å². The van der Waals surface area contributed by atoms with Crippen molar-refractivity contribution >= 4 is 11.9 Å². The lowest BCUT2D eigenvalue weighted by molar-refractivity contribution is -0.870. The molecule has 0 amide bonds. The summed E-state index contributed by atoms with van der Waals surface area (Å²) in [4.78, 5) is 4.63. The van der Waals surface area contributed by atoms with Gasteiger partial charge in [-0.25, -0.2) is 0 Å². The minimum absolute atomic E-state index is 0.790. The fourth-order valence-corrected chi connectivity index (χ4v) is 5.31. The van der Waals surface area contributed by atoms with Crippen LogP contribution in [0.4, 0.5) is 5.69 Å². The molecule has 248 valence electrons. The molecule has 0 saturated carbocycles. The lowest BCUT2D eigenvalue weighted by atomic mass is 10.1. The largest absolute Gasteiger partial charge is 0.494 e. The van der Waals surface area contributed by atoms with Gasteiger partial charge >= 0.3 is 0 Å². The Hall–Kier alpha value is -2.37. The van der Waals surface area contributed by atoms with Crippen molar-refractivity contribution in [3.63, 3.8) is 0 Å². The monoisotopic (exact) mass is 610 g/mol. The molecule has 5 nitrogen and oxygen atoms in total. The number of rotatable bonds is 26. The molecule has 2 rings (SSSR count). The summed E-state index contributed by atoms with van der Waals surface area (Å²) in [6.45, 7) is 4.15.